The maximum Gasteiger partial charge on any atom is 0.143 e. The van der Waals surface area contributed by atoms with Gasteiger partial charge in [-0.2, -0.15) is 0 Å². The Morgan fingerprint density at radius 1 is 0.176 bits per heavy atom. The van der Waals surface area contributed by atoms with Crippen molar-refractivity contribution in [3.8, 4) is 78.4 Å². The highest BCUT2D eigenvalue weighted by Crippen LogP contribution is 2.50. The summed E-state index contributed by atoms with van der Waals surface area (Å²) in [7, 11) is 0. The molecule has 0 N–H and O–H groups in total. The summed E-state index contributed by atoms with van der Waals surface area (Å²) in [5.41, 5.74) is 28.3. The molecule has 6 aromatic heterocycles. The van der Waals surface area contributed by atoms with Gasteiger partial charge < -0.3 is 27.1 Å². The van der Waals surface area contributed by atoms with Crippen LogP contribution in [0.1, 0.15) is 0 Å². The van der Waals surface area contributed by atoms with E-state index in [1.54, 1.807) is 0 Å². The van der Waals surface area contributed by atoms with Crippen molar-refractivity contribution in [2.45, 2.75) is 0 Å². The lowest BCUT2D eigenvalue weighted by Gasteiger charge is -2.14. The van der Waals surface area contributed by atoms with Crippen molar-refractivity contribution >= 4 is 131 Å². The van der Waals surface area contributed by atoms with Crippen molar-refractivity contribution in [1.82, 2.24) is 18.3 Å². The van der Waals surface area contributed by atoms with Gasteiger partial charge in [-0.1, -0.05) is 237 Å². The highest BCUT2D eigenvalue weighted by Gasteiger charge is 2.27. The van der Waals surface area contributed by atoms with E-state index in [0.29, 0.717) is 0 Å². The number of benzene rings is 16. The minimum absolute atomic E-state index is 0.844. The molecule has 0 radical (unpaired) electrons. The van der Waals surface area contributed by atoms with E-state index in [-0.39, 0.29) is 0 Å². The summed E-state index contributed by atoms with van der Waals surface area (Å²) in [4.78, 5) is 0. The minimum Gasteiger partial charge on any atom is -0.456 e. The summed E-state index contributed by atoms with van der Waals surface area (Å²) in [6.45, 7) is 0. The van der Waals surface area contributed by atoms with Crippen LogP contribution in [-0.4, -0.2) is 18.3 Å². The van der Waals surface area contributed by atoms with Crippen LogP contribution in [0.25, 0.3) is 209 Å². The molecule has 0 atom stereocenters. The predicted molar refractivity (Wildman–Crippen MR) is 426 cm³/mol. The van der Waals surface area contributed by atoms with E-state index in [1.807, 2.05) is 12.1 Å². The topological polar surface area (TPSA) is 46.0 Å². The second-order valence-corrected chi connectivity index (χ2v) is 26.9. The average molecular weight is 1300 g/mol. The van der Waals surface area contributed by atoms with Crippen molar-refractivity contribution in [2.75, 3.05) is 0 Å². The van der Waals surface area contributed by atoms with Gasteiger partial charge in [0.1, 0.15) is 22.3 Å². The van der Waals surface area contributed by atoms with Gasteiger partial charge in [-0.3, -0.25) is 0 Å². The van der Waals surface area contributed by atoms with E-state index >= 15 is 0 Å². The molecule has 0 amide bonds. The number of nitrogens with zero attached hydrogens (tertiary/aromatic N) is 4. The molecule has 0 aliphatic heterocycles. The number of rotatable bonds is 9. The Bertz CT molecular complexity index is 7220. The summed E-state index contributed by atoms with van der Waals surface area (Å²) in [6, 6.07) is 129. The van der Waals surface area contributed by atoms with Gasteiger partial charge in [-0.25, -0.2) is 0 Å². The average Bonchev–Trinajstić information content (AvgIpc) is 1.56. The number of furan rings is 2. The number of para-hydroxylation sites is 9. The molecular weight excluding hydrogens is 1240 g/mol. The molecular formula is C96H58N4O2. The first-order valence-corrected chi connectivity index (χ1v) is 35.0. The van der Waals surface area contributed by atoms with Gasteiger partial charge in [0.25, 0.3) is 0 Å². The molecule has 0 spiro atoms. The summed E-state index contributed by atoms with van der Waals surface area (Å²) < 4.78 is 23.5. The Morgan fingerprint density at radius 3 is 1.17 bits per heavy atom. The van der Waals surface area contributed by atoms with E-state index in [9.17, 15) is 0 Å². The Kier molecular flexibility index (Phi) is 12.1. The third-order valence-electron chi connectivity index (χ3n) is 21.6. The molecule has 16 aromatic carbocycles. The molecule has 6 heterocycles. The van der Waals surface area contributed by atoms with Crippen molar-refractivity contribution in [1.29, 1.82) is 0 Å². The smallest absolute Gasteiger partial charge is 0.143 e. The van der Waals surface area contributed by atoms with Gasteiger partial charge in [0.15, 0.2) is 0 Å². The fourth-order valence-electron chi connectivity index (χ4n) is 17.3. The van der Waals surface area contributed by atoms with Crippen LogP contribution in [0.5, 0.6) is 0 Å². The first-order valence-electron chi connectivity index (χ1n) is 35.0. The van der Waals surface area contributed by atoms with Crippen molar-refractivity contribution in [2.24, 2.45) is 0 Å². The lowest BCUT2D eigenvalue weighted by Crippen LogP contribution is -1.96. The number of hydrogen-bond donors (Lipinski definition) is 0. The fourth-order valence-corrected chi connectivity index (χ4v) is 17.3. The lowest BCUT2D eigenvalue weighted by atomic mass is 9.92. The molecule has 0 saturated heterocycles. The summed E-state index contributed by atoms with van der Waals surface area (Å²) >= 11 is 0. The lowest BCUT2D eigenvalue weighted by molar-refractivity contribution is 0.669. The molecule has 0 aliphatic rings. The van der Waals surface area contributed by atoms with Crippen LogP contribution in [0.15, 0.2) is 361 Å². The van der Waals surface area contributed by atoms with Crippen LogP contribution >= 0.6 is 0 Å². The molecule has 102 heavy (non-hydrogen) atoms. The number of hydrogen-bond acceptors (Lipinski definition) is 2. The van der Waals surface area contributed by atoms with Gasteiger partial charge >= 0.3 is 0 Å². The van der Waals surface area contributed by atoms with E-state index in [1.165, 1.54) is 71.1 Å². The SMILES string of the molecule is c1ccc(-n2c3ccccc3c3c(-c4cccc5c6ccccc6n(-c6ccc(-c7ccc(-c8cccc9c8c8cccc(-c%10cccc%11c%10c%10ccccc%10n%11-c%10ccccc%10)c8n9-c8ccc(-c9ccc%10c(c9)oc9ccccc9%10)cc8)c8oc9ccccc9c78)cc6)c45)cccc32)cc1. The maximum atomic E-state index is 7.27. The van der Waals surface area contributed by atoms with Crippen LogP contribution in [0, 0.1) is 0 Å². The second kappa shape index (κ2) is 21.9. The highest BCUT2D eigenvalue weighted by atomic mass is 16.3. The molecule has 474 valence electrons. The zero-order valence-corrected chi connectivity index (χ0v) is 55.1. The van der Waals surface area contributed by atoms with Crippen LogP contribution in [0.3, 0.4) is 0 Å². The van der Waals surface area contributed by atoms with E-state index in [0.717, 1.165) is 138 Å². The molecule has 0 fully saturated rings. The largest absolute Gasteiger partial charge is 0.456 e. The highest BCUT2D eigenvalue weighted by molar-refractivity contribution is 6.26. The monoisotopic (exact) mass is 1300 g/mol. The fraction of sp³-hybridized carbons (Fsp3) is 0. The van der Waals surface area contributed by atoms with Gasteiger partial charge in [0.05, 0.1) is 44.1 Å². The Labute approximate surface area is 584 Å². The quantitative estimate of drug-likeness (QED) is 0.145. The summed E-state index contributed by atoms with van der Waals surface area (Å²) in [6.07, 6.45) is 0. The molecule has 6 nitrogen and oxygen atoms in total. The first-order chi connectivity index (χ1) is 50.6. The first kappa shape index (κ1) is 56.3. The van der Waals surface area contributed by atoms with Gasteiger partial charge in [-0.15, -0.1) is 0 Å². The Hall–Kier alpha value is -13.7. The third kappa shape index (κ3) is 8.17. The molecule has 0 saturated carbocycles. The van der Waals surface area contributed by atoms with E-state index in [4.69, 9.17) is 8.83 Å². The van der Waals surface area contributed by atoms with Gasteiger partial charge in [0, 0.05) is 104 Å². The molecule has 6 heteroatoms. The third-order valence-corrected chi connectivity index (χ3v) is 21.6. The normalized spacial score (nSPS) is 12.1. The van der Waals surface area contributed by atoms with Crippen LogP contribution in [-0.2, 0) is 0 Å². The summed E-state index contributed by atoms with van der Waals surface area (Å²) in [5.74, 6) is 0. The standard InChI is InChI=1S/C96H58N4O2/c1-3-22-62(23-4-1)97-82-39-13-8-28-77(82)90-70(31-19-41-84(90)97)74-35-17-34-73-67-26-7-12-38-81(67)99(94(73)74)64-53-48-60(49-54-64)66-56-57-76(96-93(66)79-30-11-16-45-88(79)102-96)72-33-21-43-86-92(72)80-37-18-36-75(71-32-20-42-85-91(71)78-29-9-14-40-83(78)98(85)63-24-5-2-6-25-63)95(80)100(86)65-51-46-59(47-52-65)61-50-55-69-68-27-10-15-44-87(68)101-89(69)58-61/h1-58H. The zero-order valence-electron chi connectivity index (χ0n) is 55.1. The van der Waals surface area contributed by atoms with Gasteiger partial charge in [0.2, 0.25) is 0 Å². The Morgan fingerprint density at radius 2 is 0.559 bits per heavy atom. The van der Waals surface area contributed by atoms with Crippen molar-refractivity contribution in [3.05, 3.63) is 352 Å². The van der Waals surface area contributed by atoms with Crippen LogP contribution < -0.4 is 0 Å². The molecule has 0 unspecified atom stereocenters. The van der Waals surface area contributed by atoms with Crippen LogP contribution in [0.4, 0.5) is 0 Å². The number of aromatic nitrogens is 4. The summed E-state index contributed by atoms with van der Waals surface area (Å²) in [5, 5.41) is 14.0. The molecule has 0 bridgehead atoms. The predicted octanol–water partition coefficient (Wildman–Crippen LogP) is 26.2. The zero-order chi connectivity index (χ0) is 66.7. The van der Waals surface area contributed by atoms with Crippen molar-refractivity contribution < 1.29 is 8.83 Å². The van der Waals surface area contributed by atoms with E-state index < -0.39 is 0 Å². The van der Waals surface area contributed by atoms with Crippen LogP contribution in [0.2, 0.25) is 0 Å². The van der Waals surface area contributed by atoms with Gasteiger partial charge in [-0.05, 0) is 154 Å². The number of fused-ring (bicyclic) bond motifs is 18. The van der Waals surface area contributed by atoms with E-state index in [2.05, 4.69) is 358 Å². The second-order valence-electron chi connectivity index (χ2n) is 26.9. The molecule has 22 aromatic rings. The Balaban J connectivity index is 0.727. The molecule has 0 aliphatic carbocycles. The minimum atomic E-state index is 0.844. The maximum absolute atomic E-state index is 7.27. The molecule has 22 rings (SSSR count). The van der Waals surface area contributed by atoms with Crippen molar-refractivity contribution in [3.63, 3.8) is 0 Å².